The van der Waals surface area contributed by atoms with Gasteiger partial charge < -0.3 is 0 Å². The lowest BCUT2D eigenvalue weighted by atomic mass is 10.1. The SMILES string of the molecule is CC.PC1c2ccccc2-c2ccccc21. The zero-order chi connectivity index (χ0) is 11.5. The number of benzene rings is 2. The van der Waals surface area contributed by atoms with Crippen LogP contribution in [0.2, 0.25) is 0 Å². The topological polar surface area (TPSA) is 0 Å². The van der Waals surface area contributed by atoms with Crippen LogP contribution in [0, 0.1) is 0 Å². The first-order chi connectivity index (χ1) is 7.88. The van der Waals surface area contributed by atoms with Crippen molar-refractivity contribution in [3.05, 3.63) is 59.7 Å². The molecule has 0 amide bonds. The highest BCUT2D eigenvalue weighted by molar-refractivity contribution is 7.17. The summed E-state index contributed by atoms with van der Waals surface area (Å²) in [5, 5.41) is 0. The Labute approximate surface area is 99.9 Å². The Bertz CT molecular complexity index is 443. The molecule has 1 heteroatoms. The van der Waals surface area contributed by atoms with Crippen LogP contribution in [0.1, 0.15) is 30.6 Å². The average molecular weight is 228 g/mol. The fraction of sp³-hybridized carbons (Fsp3) is 0.200. The van der Waals surface area contributed by atoms with Gasteiger partial charge in [-0.1, -0.05) is 62.4 Å². The van der Waals surface area contributed by atoms with E-state index in [-0.39, 0.29) is 0 Å². The third-order valence-corrected chi connectivity index (χ3v) is 3.60. The molecule has 0 bridgehead atoms. The largest absolute Gasteiger partial charge is 0.125 e. The van der Waals surface area contributed by atoms with Crippen molar-refractivity contribution in [3.8, 4) is 11.1 Å². The molecule has 0 aromatic heterocycles. The monoisotopic (exact) mass is 228 g/mol. The molecule has 16 heavy (non-hydrogen) atoms. The fourth-order valence-electron chi connectivity index (χ4n) is 2.19. The zero-order valence-electron chi connectivity index (χ0n) is 9.77. The van der Waals surface area contributed by atoms with Gasteiger partial charge in [0.2, 0.25) is 0 Å². The quantitative estimate of drug-likeness (QED) is 0.575. The second kappa shape index (κ2) is 4.80. The maximum absolute atomic E-state index is 2.93. The number of hydrogen-bond donors (Lipinski definition) is 0. The number of fused-ring (bicyclic) bond motifs is 3. The van der Waals surface area contributed by atoms with E-state index < -0.39 is 0 Å². The van der Waals surface area contributed by atoms with Crippen molar-refractivity contribution < 1.29 is 0 Å². The van der Waals surface area contributed by atoms with Gasteiger partial charge in [0.15, 0.2) is 0 Å². The fourth-order valence-corrected chi connectivity index (χ4v) is 2.78. The van der Waals surface area contributed by atoms with Gasteiger partial charge in [0.05, 0.1) is 0 Å². The first kappa shape index (κ1) is 11.4. The van der Waals surface area contributed by atoms with Gasteiger partial charge >= 0.3 is 0 Å². The molecule has 0 aliphatic heterocycles. The number of rotatable bonds is 0. The van der Waals surface area contributed by atoms with Crippen LogP contribution < -0.4 is 0 Å². The lowest BCUT2D eigenvalue weighted by Gasteiger charge is -2.04. The van der Waals surface area contributed by atoms with Gasteiger partial charge in [0.25, 0.3) is 0 Å². The average Bonchev–Trinajstić information content (AvgIpc) is 2.67. The summed E-state index contributed by atoms with van der Waals surface area (Å²) in [5.41, 5.74) is 6.12. The van der Waals surface area contributed by atoms with E-state index in [4.69, 9.17) is 0 Å². The van der Waals surface area contributed by atoms with Crippen molar-refractivity contribution in [2.75, 3.05) is 0 Å². The predicted molar refractivity (Wildman–Crippen MR) is 74.8 cm³/mol. The van der Waals surface area contributed by atoms with E-state index in [1.54, 1.807) is 0 Å². The van der Waals surface area contributed by atoms with Gasteiger partial charge in [-0.3, -0.25) is 0 Å². The van der Waals surface area contributed by atoms with Gasteiger partial charge in [-0.15, -0.1) is 9.24 Å². The predicted octanol–water partition coefficient (Wildman–Crippen LogP) is 4.66. The molecule has 1 aliphatic rings. The van der Waals surface area contributed by atoms with Crippen LogP contribution in [0.3, 0.4) is 0 Å². The van der Waals surface area contributed by atoms with Crippen molar-refractivity contribution in [1.29, 1.82) is 0 Å². The minimum atomic E-state index is 0.474. The summed E-state index contributed by atoms with van der Waals surface area (Å²) in [5.74, 6) is 0. The van der Waals surface area contributed by atoms with E-state index >= 15 is 0 Å². The van der Waals surface area contributed by atoms with Gasteiger partial charge in [-0.25, -0.2) is 0 Å². The summed E-state index contributed by atoms with van der Waals surface area (Å²) in [7, 11) is 2.93. The van der Waals surface area contributed by atoms with Crippen LogP contribution in [0.15, 0.2) is 48.5 Å². The van der Waals surface area contributed by atoms with Crippen LogP contribution in [-0.4, -0.2) is 0 Å². The molecule has 0 fully saturated rings. The Morgan fingerprint density at radius 3 is 1.56 bits per heavy atom. The second-order valence-electron chi connectivity index (χ2n) is 3.65. The molecule has 0 nitrogen and oxygen atoms in total. The molecule has 0 saturated heterocycles. The molecule has 3 rings (SSSR count). The van der Waals surface area contributed by atoms with Crippen LogP contribution in [0.25, 0.3) is 11.1 Å². The van der Waals surface area contributed by atoms with E-state index in [9.17, 15) is 0 Å². The maximum atomic E-state index is 2.93. The zero-order valence-corrected chi connectivity index (χ0v) is 10.9. The molecule has 1 aliphatic carbocycles. The maximum Gasteiger partial charge on any atom is 0.0246 e. The Balaban J connectivity index is 0.000000457. The molecule has 0 N–H and O–H groups in total. The highest BCUT2D eigenvalue weighted by Crippen LogP contribution is 2.47. The molecule has 1 atom stereocenters. The van der Waals surface area contributed by atoms with E-state index in [0.717, 1.165) is 0 Å². The molecule has 0 saturated carbocycles. The molecule has 2 aromatic carbocycles. The third kappa shape index (κ3) is 1.68. The smallest absolute Gasteiger partial charge is 0.0246 e. The Morgan fingerprint density at radius 1 is 0.750 bits per heavy atom. The molecule has 0 spiro atoms. The normalized spacial score (nSPS) is 12.4. The number of hydrogen-bond acceptors (Lipinski definition) is 0. The highest BCUT2D eigenvalue weighted by Gasteiger charge is 2.23. The van der Waals surface area contributed by atoms with Gasteiger partial charge in [0, 0.05) is 5.66 Å². The second-order valence-corrected chi connectivity index (χ2v) is 4.32. The highest BCUT2D eigenvalue weighted by atomic mass is 31.0. The molecule has 82 valence electrons. The standard InChI is InChI=1S/C13H11P.C2H6/c14-13-11-7-3-1-5-9(11)10-6-2-4-8-12(10)13;1-2/h1-8,13H,14H2;1-2H3. The first-order valence-electron chi connectivity index (χ1n) is 5.82. The Hall–Kier alpha value is -1.13. The molecular formula is C15H17P. The van der Waals surface area contributed by atoms with Crippen molar-refractivity contribution >= 4 is 9.24 Å². The summed E-state index contributed by atoms with van der Waals surface area (Å²) in [4.78, 5) is 0. The first-order valence-corrected chi connectivity index (χ1v) is 6.48. The van der Waals surface area contributed by atoms with Gasteiger partial charge in [0.1, 0.15) is 0 Å². The van der Waals surface area contributed by atoms with E-state index in [1.807, 2.05) is 13.8 Å². The molecule has 1 unspecified atom stereocenters. The van der Waals surface area contributed by atoms with E-state index in [2.05, 4.69) is 57.8 Å². The minimum absolute atomic E-state index is 0.474. The summed E-state index contributed by atoms with van der Waals surface area (Å²) >= 11 is 0. The molecule has 0 radical (unpaired) electrons. The Morgan fingerprint density at radius 2 is 1.12 bits per heavy atom. The van der Waals surface area contributed by atoms with Crippen molar-refractivity contribution in [2.45, 2.75) is 19.5 Å². The van der Waals surface area contributed by atoms with E-state index in [1.165, 1.54) is 22.3 Å². The van der Waals surface area contributed by atoms with Crippen molar-refractivity contribution in [3.63, 3.8) is 0 Å². The van der Waals surface area contributed by atoms with Gasteiger partial charge in [-0.05, 0) is 22.3 Å². The van der Waals surface area contributed by atoms with Crippen LogP contribution in [0.4, 0.5) is 0 Å². The lowest BCUT2D eigenvalue weighted by Crippen LogP contribution is -1.83. The van der Waals surface area contributed by atoms with Crippen molar-refractivity contribution in [2.24, 2.45) is 0 Å². The van der Waals surface area contributed by atoms with Gasteiger partial charge in [-0.2, -0.15) is 0 Å². The summed E-state index contributed by atoms with van der Waals surface area (Å²) in [6, 6.07) is 17.3. The van der Waals surface area contributed by atoms with Crippen LogP contribution in [-0.2, 0) is 0 Å². The van der Waals surface area contributed by atoms with E-state index in [0.29, 0.717) is 5.66 Å². The third-order valence-electron chi connectivity index (χ3n) is 2.88. The summed E-state index contributed by atoms with van der Waals surface area (Å²) in [6.45, 7) is 4.00. The molecule has 2 aromatic rings. The summed E-state index contributed by atoms with van der Waals surface area (Å²) in [6.07, 6.45) is 0. The van der Waals surface area contributed by atoms with Crippen LogP contribution >= 0.6 is 9.24 Å². The molecule has 0 heterocycles. The van der Waals surface area contributed by atoms with Crippen LogP contribution in [0.5, 0.6) is 0 Å². The lowest BCUT2D eigenvalue weighted by molar-refractivity contribution is 1.22. The Kier molecular flexibility index (Phi) is 3.41. The van der Waals surface area contributed by atoms with Crippen molar-refractivity contribution in [1.82, 2.24) is 0 Å². The summed E-state index contributed by atoms with van der Waals surface area (Å²) < 4.78 is 0. The minimum Gasteiger partial charge on any atom is -0.125 e. The molecular weight excluding hydrogens is 211 g/mol.